The number of hydrogen-bond donors (Lipinski definition) is 0. The third-order valence-electron chi connectivity index (χ3n) is 2.23. The molecule has 1 fully saturated rings. The highest BCUT2D eigenvalue weighted by atomic mass is 31.0. The predicted octanol–water partition coefficient (Wildman–Crippen LogP) is 3.22. The van der Waals surface area contributed by atoms with Gasteiger partial charge >= 0.3 is 0 Å². The van der Waals surface area contributed by atoms with Crippen LogP contribution in [0.5, 0.6) is 0 Å². The van der Waals surface area contributed by atoms with Gasteiger partial charge in [-0.05, 0) is 29.8 Å². The van der Waals surface area contributed by atoms with E-state index in [4.69, 9.17) is 0 Å². The Morgan fingerprint density at radius 2 is 1.80 bits per heavy atom. The van der Waals surface area contributed by atoms with Gasteiger partial charge in [0.25, 0.3) is 0 Å². The standard InChI is InChI=1S/C9H19P/c1-8(2,3)7-9(10)5-4-6-9/h4-7,10H2,1-3H3. The van der Waals surface area contributed by atoms with Crippen LogP contribution in [0.2, 0.25) is 0 Å². The van der Waals surface area contributed by atoms with Gasteiger partial charge in [-0.25, -0.2) is 0 Å². The van der Waals surface area contributed by atoms with Crippen LogP contribution < -0.4 is 0 Å². The first-order chi connectivity index (χ1) is 4.41. The predicted molar refractivity (Wildman–Crippen MR) is 50.4 cm³/mol. The van der Waals surface area contributed by atoms with Crippen LogP contribution in [0.15, 0.2) is 0 Å². The molecule has 0 aromatic heterocycles. The lowest BCUT2D eigenvalue weighted by Gasteiger charge is -2.42. The van der Waals surface area contributed by atoms with E-state index in [0.717, 1.165) is 0 Å². The highest BCUT2D eigenvalue weighted by Gasteiger charge is 2.35. The van der Waals surface area contributed by atoms with E-state index in [1.165, 1.54) is 25.7 Å². The molecule has 1 atom stereocenters. The summed E-state index contributed by atoms with van der Waals surface area (Å²) in [6.45, 7) is 6.99. The molecule has 0 heterocycles. The molecule has 0 aromatic carbocycles. The Morgan fingerprint density at radius 3 is 1.90 bits per heavy atom. The first kappa shape index (κ1) is 8.53. The molecule has 0 nitrogen and oxygen atoms in total. The maximum absolute atomic E-state index is 3.04. The summed E-state index contributed by atoms with van der Waals surface area (Å²) in [7, 11) is 3.04. The largest absolute Gasteiger partial charge is 0.131 e. The van der Waals surface area contributed by atoms with E-state index in [1.54, 1.807) is 0 Å². The van der Waals surface area contributed by atoms with Crippen LogP contribution in [0, 0.1) is 5.41 Å². The lowest BCUT2D eigenvalue weighted by atomic mass is 9.73. The molecule has 1 saturated carbocycles. The Bertz CT molecular complexity index is 117. The van der Waals surface area contributed by atoms with Crippen molar-refractivity contribution in [2.24, 2.45) is 5.41 Å². The molecule has 0 bridgehead atoms. The fourth-order valence-electron chi connectivity index (χ4n) is 1.86. The van der Waals surface area contributed by atoms with E-state index < -0.39 is 0 Å². The summed E-state index contributed by atoms with van der Waals surface area (Å²) in [5.41, 5.74) is 0.516. The van der Waals surface area contributed by atoms with Gasteiger partial charge < -0.3 is 0 Å². The quantitative estimate of drug-likeness (QED) is 0.514. The Kier molecular flexibility index (Phi) is 2.12. The maximum Gasteiger partial charge on any atom is -0.0145 e. The Hall–Kier alpha value is 0.430. The third kappa shape index (κ3) is 2.23. The van der Waals surface area contributed by atoms with E-state index in [1.807, 2.05) is 0 Å². The van der Waals surface area contributed by atoms with Crippen molar-refractivity contribution < 1.29 is 0 Å². The molecule has 0 spiro atoms. The van der Waals surface area contributed by atoms with Crippen LogP contribution >= 0.6 is 9.24 Å². The molecule has 1 aliphatic carbocycles. The summed E-state index contributed by atoms with van der Waals surface area (Å²) >= 11 is 0. The summed E-state index contributed by atoms with van der Waals surface area (Å²) in [6.07, 6.45) is 5.66. The molecular formula is C9H19P. The number of rotatable bonds is 1. The molecule has 1 rings (SSSR count). The van der Waals surface area contributed by atoms with Crippen molar-refractivity contribution in [1.82, 2.24) is 0 Å². The topological polar surface area (TPSA) is 0 Å². The zero-order valence-corrected chi connectivity index (χ0v) is 8.56. The second-order valence-electron chi connectivity index (χ2n) is 4.95. The van der Waals surface area contributed by atoms with E-state index in [-0.39, 0.29) is 0 Å². The molecule has 0 saturated heterocycles. The van der Waals surface area contributed by atoms with E-state index >= 15 is 0 Å². The first-order valence-corrected chi connectivity index (χ1v) is 4.78. The van der Waals surface area contributed by atoms with Gasteiger partial charge in [-0.15, -0.1) is 9.24 Å². The van der Waals surface area contributed by atoms with Crippen molar-refractivity contribution in [3.05, 3.63) is 0 Å². The first-order valence-electron chi connectivity index (χ1n) is 4.20. The van der Waals surface area contributed by atoms with Crippen LogP contribution in [0.4, 0.5) is 0 Å². The van der Waals surface area contributed by atoms with Crippen molar-refractivity contribution >= 4 is 9.24 Å². The summed E-state index contributed by atoms with van der Waals surface area (Å²) in [6, 6.07) is 0. The van der Waals surface area contributed by atoms with Crippen molar-refractivity contribution in [2.75, 3.05) is 0 Å². The fraction of sp³-hybridized carbons (Fsp3) is 1.00. The lowest BCUT2D eigenvalue weighted by molar-refractivity contribution is 0.240. The Balaban J connectivity index is 2.37. The van der Waals surface area contributed by atoms with Gasteiger partial charge in [0.15, 0.2) is 0 Å². The Morgan fingerprint density at radius 1 is 1.30 bits per heavy atom. The van der Waals surface area contributed by atoms with Crippen molar-refractivity contribution in [3.63, 3.8) is 0 Å². The van der Waals surface area contributed by atoms with Crippen molar-refractivity contribution in [1.29, 1.82) is 0 Å². The minimum absolute atomic E-state index is 0.516. The molecule has 1 unspecified atom stereocenters. The zero-order chi connectivity index (χ0) is 7.83. The van der Waals surface area contributed by atoms with E-state index in [2.05, 4.69) is 30.0 Å². The zero-order valence-electron chi connectivity index (χ0n) is 7.41. The maximum atomic E-state index is 3.04. The molecule has 0 aromatic rings. The molecule has 10 heavy (non-hydrogen) atoms. The SMILES string of the molecule is CC(C)(C)CC1(P)CCC1. The number of hydrogen-bond acceptors (Lipinski definition) is 0. The molecule has 0 aliphatic heterocycles. The normalized spacial score (nSPS) is 24.0. The minimum Gasteiger partial charge on any atom is -0.131 e. The van der Waals surface area contributed by atoms with Gasteiger partial charge in [0.05, 0.1) is 0 Å². The molecule has 0 amide bonds. The molecule has 1 aliphatic rings. The van der Waals surface area contributed by atoms with Crippen LogP contribution in [0.25, 0.3) is 0 Å². The summed E-state index contributed by atoms with van der Waals surface area (Å²) in [5.74, 6) is 0. The second kappa shape index (κ2) is 2.48. The average molecular weight is 158 g/mol. The summed E-state index contributed by atoms with van der Waals surface area (Å²) in [4.78, 5) is 0. The summed E-state index contributed by atoms with van der Waals surface area (Å²) in [5, 5.41) is 0.623. The smallest absolute Gasteiger partial charge is 0.0145 e. The van der Waals surface area contributed by atoms with Gasteiger partial charge in [-0.3, -0.25) is 0 Å². The highest BCUT2D eigenvalue weighted by Crippen LogP contribution is 2.47. The van der Waals surface area contributed by atoms with E-state index in [0.29, 0.717) is 10.6 Å². The highest BCUT2D eigenvalue weighted by molar-refractivity contribution is 7.19. The molecule has 0 N–H and O–H groups in total. The third-order valence-corrected chi connectivity index (χ3v) is 3.01. The van der Waals surface area contributed by atoms with Gasteiger partial charge in [0.1, 0.15) is 0 Å². The van der Waals surface area contributed by atoms with Crippen LogP contribution in [0.3, 0.4) is 0 Å². The van der Waals surface area contributed by atoms with Crippen LogP contribution in [0.1, 0.15) is 46.5 Å². The summed E-state index contributed by atoms with van der Waals surface area (Å²) < 4.78 is 0. The second-order valence-corrected chi connectivity index (χ2v) is 6.18. The average Bonchev–Trinajstić information content (AvgIpc) is 1.57. The van der Waals surface area contributed by atoms with Crippen LogP contribution in [-0.2, 0) is 0 Å². The van der Waals surface area contributed by atoms with Crippen molar-refractivity contribution in [3.8, 4) is 0 Å². The Labute approximate surface area is 67.0 Å². The van der Waals surface area contributed by atoms with E-state index in [9.17, 15) is 0 Å². The molecular weight excluding hydrogens is 139 g/mol. The van der Waals surface area contributed by atoms with Gasteiger partial charge in [-0.1, -0.05) is 27.2 Å². The minimum atomic E-state index is 0.516. The van der Waals surface area contributed by atoms with Crippen molar-refractivity contribution in [2.45, 2.75) is 51.6 Å². The van der Waals surface area contributed by atoms with Gasteiger partial charge in [-0.2, -0.15) is 0 Å². The molecule has 1 heteroatoms. The van der Waals surface area contributed by atoms with Gasteiger partial charge in [0.2, 0.25) is 0 Å². The molecule has 60 valence electrons. The fourth-order valence-corrected chi connectivity index (χ4v) is 2.88. The monoisotopic (exact) mass is 158 g/mol. The molecule has 0 radical (unpaired) electrons. The van der Waals surface area contributed by atoms with Gasteiger partial charge in [0, 0.05) is 0 Å². The lowest BCUT2D eigenvalue weighted by Crippen LogP contribution is -2.34. The van der Waals surface area contributed by atoms with Crippen LogP contribution in [-0.4, -0.2) is 5.16 Å².